The second-order valence-electron chi connectivity index (χ2n) is 6.35. The normalized spacial score (nSPS) is 11.0. The topological polar surface area (TPSA) is 127 Å². The number of hydrogen-bond donors (Lipinski definition) is 3. The number of carbonyl (C=O) groups is 3. The van der Waals surface area contributed by atoms with Crippen molar-refractivity contribution >= 4 is 46.8 Å². The third-order valence-corrected chi connectivity index (χ3v) is 4.64. The third kappa shape index (κ3) is 5.55. The summed E-state index contributed by atoms with van der Waals surface area (Å²) >= 11 is 12.0. The molecule has 3 rings (SSSR count). The lowest BCUT2D eigenvalue weighted by molar-refractivity contribution is -0.141. The van der Waals surface area contributed by atoms with E-state index in [4.69, 9.17) is 23.2 Å². The molecule has 0 aliphatic carbocycles. The van der Waals surface area contributed by atoms with Crippen LogP contribution in [0.5, 0.6) is 0 Å². The molecular weight excluding hydrogens is 504 g/mol. The average Bonchev–Trinajstić information content (AvgIpc) is 3.23. The van der Waals surface area contributed by atoms with Crippen molar-refractivity contribution in [1.82, 2.24) is 25.6 Å². The smallest absolute Gasteiger partial charge is 0.435 e. The molecule has 1 aromatic carbocycles. The number of hydrogen-bond acceptors (Lipinski definition) is 6. The summed E-state index contributed by atoms with van der Waals surface area (Å²) in [4.78, 5) is 40.5. The minimum absolute atomic E-state index is 0.0647. The number of methoxy groups -OCH3 is 1. The molecule has 10 nitrogen and oxygen atoms in total. The molecule has 3 N–H and O–H groups in total. The molecule has 34 heavy (non-hydrogen) atoms. The van der Waals surface area contributed by atoms with Crippen molar-refractivity contribution in [2.75, 3.05) is 12.4 Å². The number of carbonyl (C=O) groups excluding carboxylic acids is 3. The van der Waals surface area contributed by atoms with Gasteiger partial charge in [0.15, 0.2) is 11.5 Å². The van der Waals surface area contributed by atoms with Gasteiger partial charge in [0.05, 0.1) is 23.4 Å². The van der Waals surface area contributed by atoms with Crippen LogP contribution in [0.4, 0.5) is 23.7 Å². The zero-order valence-corrected chi connectivity index (χ0v) is 18.4. The molecule has 2 aromatic heterocycles. The molecule has 0 unspecified atom stereocenters. The predicted molar refractivity (Wildman–Crippen MR) is 114 cm³/mol. The van der Waals surface area contributed by atoms with Gasteiger partial charge in [-0.3, -0.25) is 15.0 Å². The quantitative estimate of drug-likeness (QED) is 0.452. The molecule has 0 saturated carbocycles. The van der Waals surface area contributed by atoms with Gasteiger partial charge in [0.1, 0.15) is 5.69 Å². The fraction of sp³-hybridized carbons (Fsp3) is 0.105. The van der Waals surface area contributed by atoms with Gasteiger partial charge in [-0.1, -0.05) is 23.2 Å². The number of alkyl halides is 3. The number of anilines is 1. The van der Waals surface area contributed by atoms with Gasteiger partial charge in [0.2, 0.25) is 0 Å². The summed E-state index contributed by atoms with van der Waals surface area (Å²) in [6.07, 6.45) is -4.59. The Kier molecular flexibility index (Phi) is 7.27. The Hall–Kier alpha value is -3.84. The second kappa shape index (κ2) is 9.97. The van der Waals surface area contributed by atoms with E-state index in [-0.39, 0.29) is 27.1 Å². The maximum Gasteiger partial charge on any atom is 0.435 e. The fourth-order valence-electron chi connectivity index (χ4n) is 2.61. The van der Waals surface area contributed by atoms with Gasteiger partial charge in [0, 0.05) is 17.3 Å². The SMILES string of the molecule is COC(=O)NNC(=O)c1ccc(Cl)cc1NC(=O)c1cc(C(F)(F)F)nn1-c1ncccc1Cl. The third-order valence-electron chi connectivity index (χ3n) is 4.11. The lowest BCUT2D eigenvalue weighted by Crippen LogP contribution is -2.41. The number of hydrazine groups is 1. The molecule has 178 valence electrons. The molecular formula is C19H13Cl2F3N6O4. The minimum atomic E-state index is -4.87. The molecule has 2 heterocycles. The molecule has 0 saturated heterocycles. The summed E-state index contributed by atoms with van der Waals surface area (Å²) in [7, 11) is 1.07. The van der Waals surface area contributed by atoms with E-state index in [0.29, 0.717) is 10.7 Å². The average molecular weight is 517 g/mol. The number of nitrogens with zero attached hydrogens (tertiary/aromatic N) is 3. The summed E-state index contributed by atoms with van der Waals surface area (Å²) < 4.78 is 44.9. The number of nitrogens with one attached hydrogen (secondary N) is 3. The number of benzene rings is 1. The maximum atomic E-state index is 13.3. The fourth-order valence-corrected chi connectivity index (χ4v) is 2.98. The van der Waals surface area contributed by atoms with Gasteiger partial charge in [0.25, 0.3) is 11.8 Å². The van der Waals surface area contributed by atoms with E-state index in [2.05, 4.69) is 20.1 Å². The first-order chi connectivity index (χ1) is 16.0. The number of amides is 3. The van der Waals surface area contributed by atoms with Crippen LogP contribution in [0.3, 0.4) is 0 Å². The van der Waals surface area contributed by atoms with Gasteiger partial charge in [-0.25, -0.2) is 19.9 Å². The monoisotopic (exact) mass is 516 g/mol. The first-order valence-corrected chi connectivity index (χ1v) is 9.80. The van der Waals surface area contributed by atoms with Crippen molar-refractivity contribution in [1.29, 1.82) is 0 Å². The first-order valence-electron chi connectivity index (χ1n) is 9.04. The summed E-state index contributed by atoms with van der Waals surface area (Å²) in [5, 5.41) is 5.78. The molecule has 0 atom stereocenters. The summed E-state index contributed by atoms with van der Waals surface area (Å²) in [6.45, 7) is 0. The van der Waals surface area contributed by atoms with E-state index in [0.717, 1.165) is 7.11 Å². The maximum absolute atomic E-state index is 13.3. The molecule has 0 bridgehead atoms. The predicted octanol–water partition coefficient (Wildman–Crippen LogP) is 3.85. The van der Waals surface area contributed by atoms with Crippen molar-refractivity contribution < 1.29 is 32.3 Å². The Morgan fingerprint density at radius 2 is 1.79 bits per heavy atom. The van der Waals surface area contributed by atoms with E-state index >= 15 is 0 Å². The van der Waals surface area contributed by atoms with Crippen molar-refractivity contribution in [2.45, 2.75) is 6.18 Å². The largest absolute Gasteiger partial charge is 0.452 e. The number of aromatic nitrogens is 3. The van der Waals surface area contributed by atoms with Crippen LogP contribution in [0, 0.1) is 0 Å². The van der Waals surface area contributed by atoms with Crippen molar-refractivity contribution in [3.05, 3.63) is 69.6 Å². The molecule has 0 aliphatic heterocycles. The van der Waals surface area contributed by atoms with Crippen LogP contribution in [-0.4, -0.2) is 39.8 Å². The Labute approximate surface area is 199 Å². The van der Waals surface area contributed by atoms with Crippen LogP contribution < -0.4 is 16.2 Å². The highest BCUT2D eigenvalue weighted by molar-refractivity contribution is 6.32. The summed E-state index contributed by atoms with van der Waals surface area (Å²) in [5.41, 5.74) is 1.69. The first kappa shape index (κ1) is 24.8. The molecule has 3 amide bonds. The summed E-state index contributed by atoms with van der Waals surface area (Å²) in [6, 6.07) is 7.03. The highest BCUT2D eigenvalue weighted by Crippen LogP contribution is 2.31. The highest BCUT2D eigenvalue weighted by atomic mass is 35.5. The lowest BCUT2D eigenvalue weighted by Gasteiger charge is -2.13. The van der Waals surface area contributed by atoms with Crippen LogP contribution >= 0.6 is 23.2 Å². The highest BCUT2D eigenvalue weighted by Gasteiger charge is 2.36. The van der Waals surface area contributed by atoms with E-state index in [1.165, 1.54) is 36.5 Å². The molecule has 0 radical (unpaired) electrons. The van der Waals surface area contributed by atoms with Gasteiger partial charge >= 0.3 is 12.3 Å². The van der Waals surface area contributed by atoms with Crippen molar-refractivity contribution in [3.63, 3.8) is 0 Å². The van der Waals surface area contributed by atoms with E-state index in [1.54, 1.807) is 0 Å². The standard InChI is InChI=1S/C19H13Cl2F3N6O4/c1-34-18(33)28-27-16(31)10-5-4-9(20)7-12(10)26-17(32)13-8-14(19(22,23)24)29-30(13)15-11(21)3-2-6-25-15/h2-8H,1H3,(H,26,32)(H,27,31)(H,28,33). The zero-order valence-electron chi connectivity index (χ0n) is 16.9. The van der Waals surface area contributed by atoms with Crippen LogP contribution in [0.15, 0.2) is 42.6 Å². The summed E-state index contributed by atoms with van der Waals surface area (Å²) in [5.74, 6) is -2.19. The van der Waals surface area contributed by atoms with Gasteiger partial charge in [-0.05, 0) is 30.3 Å². The van der Waals surface area contributed by atoms with E-state index < -0.39 is 35.5 Å². The number of pyridine rings is 1. The minimum Gasteiger partial charge on any atom is -0.452 e. The van der Waals surface area contributed by atoms with Crippen molar-refractivity contribution in [3.8, 4) is 5.82 Å². The lowest BCUT2D eigenvalue weighted by atomic mass is 10.1. The Bertz CT molecular complexity index is 1270. The number of ether oxygens (including phenoxy) is 1. The molecule has 0 fully saturated rings. The number of rotatable bonds is 4. The van der Waals surface area contributed by atoms with E-state index in [1.807, 2.05) is 10.9 Å². The number of halogens is 5. The molecule has 0 spiro atoms. The molecule has 3 aromatic rings. The van der Waals surface area contributed by atoms with E-state index in [9.17, 15) is 27.6 Å². The van der Waals surface area contributed by atoms with Gasteiger partial charge < -0.3 is 10.1 Å². The Morgan fingerprint density at radius 3 is 2.44 bits per heavy atom. The Balaban J connectivity index is 2.00. The molecule has 15 heteroatoms. The molecule has 0 aliphatic rings. The zero-order chi connectivity index (χ0) is 25.0. The van der Waals surface area contributed by atoms with Crippen molar-refractivity contribution in [2.24, 2.45) is 0 Å². The van der Waals surface area contributed by atoms with Gasteiger partial charge in [-0.15, -0.1) is 0 Å². The van der Waals surface area contributed by atoms with Crippen LogP contribution in [0.2, 0.25) is 10.0 Å². The van der Waals surface area contributed by atoms with Gasteiger partial charge in [-0.2, -0.15) is 18.3 Å². The van der Waals surface area contributed by atoms with Crippen LogP contribution in [0.1, 0.15) is 26.5 Å². The van der Waals surface area contributed by atoms with Crippen LogP contribution in [-0.2, 0) is 10.9 Å². The Morgan fingerprint density at radius 1 is 1.06 bits per heavy atom. The second-order valence-corrected chi connectivity index (χ2v) is 7.19. The van der Waals surface area contributed by atoms with Crippen LogP contribution in [0.25, 0.3) is 5.82 Å².